The Hall–Kier alpha value is -0.590. The summed E-state index contributed by atoms with van der Waals surface area (Å²) in [5, 5.41) is 11.2. The maximum Gasteiger partial charge on any atom is 0.116 e. The van der Waals surface area contributed by atoms with E-state index >= 15 is 0 Å². The van der Waals surface area contributed by atoms with Gasteiger partial charge in [-0.3, -0.25) is 10.1 Å². The highest BCUT2D eigenvalue weighted by atomic mass is 127. The summed E-state index contributed by atoms with van der Waals surface area (Å²) in [5.41, 5.74) is 5.30. The topological polar surface area (TPSA) is 67.7 Å². The van der Waals surface area contributed by atoms with Crippen molar-refractivity contribution < 1.29 is 0 Å². The molecule has 0 aliphatic rings. The van der Waals surface area contributed by atoms with E-state index in [4.69, 9.17) is 11.1 Å². The van der Waals surface area contributed by atoms with E-state index in [-0.39, 0.29) is 11.9 Å². The van der Waals surface area contributed by atoms with Gasteiger partial charge in [0.15, 0.2) is 0 Å². The number of aromatic nitrogens is 2. The Morgan fingerprint density at radius 2 is 2.55 bits per heavy atom. The molecule has 1 aromatic rings. The average Bonchev–Trinajstić information content (AvgIpc) is 2.34. The number of hydrogen-bond donors (Lipinski definition) is 2. The molecule has 0 aliphatic carbocycles. The molecule has 4 nitrogen and oxygen atoms in total. The Morgan fingerprint density at radius 3 is 2.91 bits per heavy atom. The molecule has 0 aromatic carbocycles. The van der Waals surface area contributed by atoms with Crippen molar-refractivity contribution in [3.05, 3.63) is 16.0 Å². The Morgan fingerprint density at radius 1 is 1.91 bits per heavy atom. The molecule has 0 aliphatic heterocycles. The van der Waals surface area contributed by atoms with Crippen molar-refractivity contribution in [2.45, 2.75) is 13.0 Å². The minimum absolute atomic E-state index is 0.129. The van der Waals surface area contributed by atoms with Crippen molar-refractivity contribution in [2.75, 3.05) is 0 Å². The van der Waals surface area contributed by atoms with Gasteiger partial charge in [-0.1, -0.05) is 0 Å². The van der Waals surface area contributed by atoms with Crippen molar-refractivity contribution in [2.24, 2.45) is 5.73 Å². The molecule has 1 rings (SSSR count). The predicted octanol–water partition coefficient (Wildman–Crippen LogP) is 0.985. The Bertz CT molecular complexity index is 267. The van der Waals surface area contributed by atoms with Crippen molar-refractivity contribution in [1.82, 2.24) is 9.78 Å². The van der Waals surface area contributed by atoms with E-state index in [1.807, 2.05) is 13.1 Å². The molecule has 1 atom stereocenters. The zero-order valence-corrected chi connectivity index (χ0v) is 8.24. The molecule has 1 aromatic heterocycles. The molecule has 0 saturated carbocycles. The molecule has 0 amide bonds. The van der Waals surface area contributed by atoms with Crippen LogP contribution in [0.25, 0.3) is 0 Å². The maximum absolute atomic E-state index is 7.16. The van der Waals surface area contributed by atoms with E-state index in [2.05, 4.69) is 27.7 Å². The molecule has 5 heteroatoms. The van der Waals surface area contributed by atoms with Gasteiger partial charge < -0.3 is 5.73 Å². The summed E-state index contributed by atoms with van der Waals surface area (Å²) in [5.74, 6) is 0.129. The summed E-state index contributed by atoms with van der Waals surface area (Å²) < 4.78 is 2.72. The maximum atomic E-state index is 7.16. The van der Waals surface area contributed by atoms with Crippen molar-refractivity contribution >= 4 is 28.4 Å². The highest BCUT2D eigenvalue weighted by Gasteiger charge is 2.07. The molecule has 0 spiro atoms. The molecule has 0 fully saturated rings. The van der Waals surface area contributed by atoms with Crippen molar-refractivity contribution in [3.63, 3.8) is 0 Å². The van der Waals surface area contributed by atoms with Crippen LogP contribution < -0.4 is 5.73 Å². The molecule has 3 N–H and O–H groups in total. The number of amidine groups is 1. The van der Waals surface area contributed by atoms with Crippen molar-refractivity contribution in [1.29, 1.82) is 5.41 Å². The van der Waals surface area contributed by atoms with Crippen LogP contribution in [0.15, 0.2) is 12.4 Å². The molecule has 0 radical (unpaired) electrons. The normalized spacial score (nSPS) is 12.9. The van der Waals surface area contributed by atoms with E-state index in [0.29, 0.717) is 0 Å². The van der Waals surface area contributed by atoms with Gasteiger partial charge in [-0.25, -0.2) is 0 Å². The second-order valence-electron chi connectivity index (χ2n) is 2.27. The highest BCUT2D eigenvalue weighted by molar-refractivity contribution is 14.1. The van der Waals surface area contributed by atoms with Crippen LogP contribution in [-0.4, -0.2) is 15.6 Å². The minimum Gasteiger partial charge on any atom is -0.386 e. The zero-order chi connectivity index (χ0) is 8.43. The summed E-state index contributed by atoms with van der Waals surface area (Å²) in [7, 11) is 0. The van der Waals surface area contributed by atoms with Crippen LogP contribution in [0.2, 0.25) is 0 Å². The molecular weight excluding hydrogens is 255 g/mol. The standard InChI is InChI=1S/C6H9IN4/c1-4(6(8)9)11-3-5(7)2-10-11/h2-4H,1H3,(H3,8,9). The number of hydrogen-bond acceptors (Lipinski definition) is 2. The summed E-state index contributed by atoms with van der Waals surface area (Å²) >= 11 is 2.16. The number of nitrogens with two attached hydrogens (primary N) is 1. The van der Waals surface area contributed by atoms with Gasteiger partial charge in [0.25, 0.3) is 0 Å². The van der Waals surface area contributed by atoms with Gasteiger partial charge in [0.2, 0.25) is 0 Å². The summed E-state index contributed by atoms with van der Waals surface area (Å²) in [6.45, 7) is 1.84. The molecule has 60 valence electrons. The quantitative estimate of drug-likeness (QED) is 0.475. The fourth-order valence-corrected chi connectivity index (χ4v) is 1.08. The molecule has 1 heterocycles. The highest BCUT2D eigenvalue weighted by Crippen LogP contribution is 2.07. The zero-order valence-electron chi connectivity index (χ0n) is 6.08. The lowest BCUT2D eigenvalue weighted by Crippen LogP contribution is -2.23. The van der Waals surface area contributed by atoms with Crippen LogP contribution in [0.1, 0.15) is 13.0 Å². The first-order valence-electron chi connectivity index (χ1n) is 3.15. The number of halogens is 1. The second-order valence-corrected chi connectivity index (χ2v) is 3.52. The fourth-order valence-electron chi connectivity index (χ4n) is 0.669. The lowest BCUT2D eigenvalue weighted by atomic mass is 10.3. The lowest BCUT2D eigenvalue weighted by molar-refractivity contribution is 0.602. The number of nitrogens with zero attached hydrogens (tertiary/aromatic N) is 2. The van der Waals surface area contributed by atoms with Crippen molar-refractivity contribution in [3.8, 4) is 0 Å². The van der Waals surface area contributed by atoms with Gasteiger partial charge in [0.1, 0.15) is 11.9 Å². The van der Waals surface area contributed by atoms with Gasteiger partial charge >= 0.3 is 0 Å². The third-order valence-corrected chi connectivity index (χ3v) is 1.97. The van der Waals surface area contributed by atoms with E-state index in [1.54, 1.807) is 10.9 Å². The SMILES string of the molecule is CC(C(=N)N)n1cc(I)cn1. The van der Waals surface area contributed by atoms with Gasteiger partial charge in [-0.05, 0) is 29.5 Å². The Balaban J connectivity index is 2.84. The Kier molecular flexibility index (Phi) is 2.48. The van der Waals surface area contributed by atoms with Gasteiger partial charge in [0.05, 0.1) is 9.77 Å². The van der Waals surface area contributed by atoms with Crippen LogP contribution in [0.4, 0.5) is 0 Å². The van der Waals surface area contributed by atoms with Crippen LogP contribution >= 0.6 is 22.6 Å². The first-order chi connectivity index (χ1) is 5.11. The third kappa shape index (κ3) is 1.92. The molecule has 1 unspecified atom stereocenters. The van der Waals surface area contributed by atoms with Gasteiger partial charge in [-0.15, -0.1) is 0 Å². The lowest BCUT2D eigenvalue weighted by Gasteiger charge is -2.08. The predicted molar refractivity (Wildman–Crippen MR) is 51.6 cm³/mol. The second kappa shape index (κ2) is 3.21. The largest absolute Gasteiger partial charge is 0.386 e. The summed E-state index contributed by atoms with van der Waals surface area (Å²) in [6.07, 6.45) is 3.59. The smallest absolute Gasteiger partial charge is 0.116 e. The first-order valence-corrected chi connectivity index (χ1v) is 4.22. The number of nitrogens with one attached hydrogen (secondary N) is 1. The van der Waals surface area contributed by atoms with E-state index in [0.717, 1.165) is 3.57 Å². The first kappa shape index (κ1) is 8.51. The average molecular weight is 264 g/mol. The minimum atomic E-state index is -0.140. The summed E-state index contributed by atoms with van der Waals surface area (Å²) in [6, 6.07) is -0.140. The fraction of sp³-hybridized carbons (Fsp3) is 0.333. The van der Waals surface area contributed by atoms with E-state index < -0.39 is 0 Å². The molecule has 11 heavy (non-hydrogen) atoms. The van der Waals surface area contributed by atoms with Gasteiger partial charge in [0, 0.05) is 6.20 Å². The van der Waals surface area contributed by atoms with Crippen LogP contribution in [0.3, 0.4) is 0 Å². The van der Waals surface area contributed by atoms with Crippen LogP contribution in [0, 0.1) is 8.98 Å². The monoisotopic (exact) mass is 264 g/mol. The number of rotatable bonds is 2. The molecular formula is C6H9IN4. The molecule has 0 bridgehead atoms. The Labute approximate surface area is 78.4 Å². The molecule has 0 saturated heterocycles. The van der Waals surface area contributed by atoms with E-state index in [1.165, 1.54) is 0 Å². The van der Waals surface area contributed by atoms with E-state index in [9.17, 15) is 0 Å². The summed E-state index contributed by atoms with van der Waals surface area (Å²) in [4.78, 5) is 0. The van der Waals surface area contributed by atoms with Gasteiger partial charge in [-0.2, -0.15) is 5.10 Å². The third-order valence-electron chi connectivity index (χ3n) is 1.42. The van der Waals surface area contributed by atoms with Crippen LogP contribution in [-0.2, 0) is 0 Å². The van der Waals surface area contributed by atoms with Crippen LogP contribution in [0.5, 0.6) is 0 Å².